The maximum absolute atomic E-state index is 14.2. The average molecular weight is 409 g/mol. The van der Waals surface area contributed by atoms with E-state index in [1.54, 1.807) is 19.0 Å². The molecule has 0 aliphatic rings. The molecule has 0 radical (unpaired) electrons. The largest absolute Gasteiger partial charge is 0.390 e. The number of alkyl halides is 2. The van der Waals surface area contributed by atoms with Gasteiger partial charge in [-0.25, -0.2) is 17.9 Å². The minimum Gasteiger partial charge on any atom is -0.390 e. The average Bonchev–Trinajstić information content (AvgIpc) is 3.00. The number of hydrogen-bond acceptors (Lipinski definition) is 5. The molecule has 0 spiro atoms. The van der Waals surface area contributed by atoms with Gasteiger partial charge in [-0.15, -0.1) is 0 Å². The molecule has 3 aromatic rings. The summed E-state index contributed by atoms with van der Waals surface area (Å²) in [7, 11) is 3.41. The van der Waals surface area contributed by atoms with E-state index >= 15 is 0 Å². The maximum Gasteiger partial charge on any atom is 0.266 e. The van der Waals surface area contributed by atoms with Crippen LogP contribution in [0.25, 0.3) is 11.0 Å². The highest BCUT2D eigenvalue weighted by molar-refractivity contribution is 5.78. The molecule has 0 aliphatic carbocycles. The van der Waals surface area contributed by atoms with Crippen LogP contribution in [-0.4, -0.2) is 39.0 Å². The zero-order valence-corrected chi connectivity index (χ0v) is 16.4. The number of hydrogen-bond donors (Lipinski definition) is 2. The Balaban J connectivity index is 2.28. The third kappa shape index (κ3) is 3.71. The van der Waals surface area contributed by atoms with E-state index in [1.807, 2.05) is 13.8 Å². The van der Waals surface area contributed by atoms with Gasteiger partial charge >= 0.3 is 0 Å². The lowest BCUT2D eigenvalue weighted by molar-refractivity contribution is 0.146. The van der Waals surface area contributed by atoms with E-state index in [4.69, 9.17) is 0 Å². The summed E-state index contributed by atoms with van der Waals surface area (Å²) < 4.78 is 41.5. The fourth-order valence-electron chi connectivity index (χ4n) is 3.33. The molecule has 0 fully saturated rings. The first kappa shape index (κ1) is 20.8. The van der Waals surface area contributed by atoms with Crippen molar-refractivity contribution in [1.82, 2.24) is 19.7 Å². The van der Waals surface area contributed by atoms with Crippen LogP contribution in [0.2, 0.25) is 0 Å². The quantitative estimate of drug-likeness (QED) is 0.654. The summed E-state index contributed by atoms with van der Waals surface area (Å²) in [5.74, 6) is -0.873. The SMILES string of the molecule is CC(C)[C@@H](c1ccc(C(F)F)c(F)c1)n1nc(CO)c2c(=O)[nH]c(N(C)C)nc21. The van der Waals surface area contributed by atoms with Crippen molar-refractivity contribution in [3.63, 3.8) is 0 Å². The number of halogens is 3. The molecule has 2 N–H and O–H groups in total. The molecule has 0 aliphatic heterocycles. The highest BCUT2D eigenvalue weighted by Crippen LogP contribution is 2.32. The van der Waals surface area contributed by atoms with Gasteiger partial charge in [0.25, 0.3) is 12.0 Å². The van der Waals surface area contributed by atoms with Crippen molar-refractivity contribution < 1.29 is 18.3 Å². The normalized spacial score (nSPS) is 12.9. The Morgan fingerprint density at radius 2 is 1.97 bits per heavy atom. The van der Waals surface area contributed by atoms with E-state index in [-0.39, 0.29) is 28.6 Å². The number of fused-ring (bicyclic) bond motifs is 1. The van der Waals surface area contributed by atoms with Crippen LogP contribution < -0.4 is 10.5 Å². The van der Waals surface area contributed by atoms with E-state index in [2.05, 4.69) is 15.1 Å². The Bertz CT molecular complexity index is 1090. The summed E-state index contributed by atoms with van der Waals surface area (Å²) in [5.41, 5.74) is -0.380. The summed E-state index contributed by atoms with van der Waals surface area (Å²) in [6.07, 6.45) is -2.92. The molecule has 29 heavy (non-hydrogen) atoms. The van der Waals surface area contributed by atoms with Crippen molar-refractivity contribution >= 4 is 17.0 Å². The first-order chi connectivity index (χ1) is 13.6. The van der Waals surface area contributed by atoms with Crippen LogP contribution in [0.15, 0.2) is 23.0 Å². The smallest absolute Gasteiger partial charge is 0.266 e. The van der Waals surface area contributed by atoms with Crippen molar-refractivity contribution in [2.45, 2.75) is 32.9 Å². The van der Waals surface area contributed by atoms with Crippen molar-refractivity contribution in [2.75, 3.05) is 19.0 Å². The van der Waals surface area contributed by atoms with Crippen LogP contribution in [0.3, 0.4) is 0 Å². The lowest BCUT2D eigenvalue weighted by Gasteiger charge is -2.23. The zero-order valence-electron chi connectivity index (χ0n) is 16.4. The fourth-order valence-corrected chi connectivity index (χ4v) is 3.33. The molecular formula is C19H22F3N5O2. The molecule has 7 nitrogen and oxygen atoms in total. The molecule has 1 atom stereocenters. The summed E-state index contributed by atoms with van der Waals surface area (Å²) in [6.45, 7) is 3.23. The van der Waals surface area contributed by atoms with Crippen molar-refractivity contribution in [3.8, 4) is 0 Å². The molecule has 2 heterocycles. The number of nitrogens with zero attached hydrogens (tertiary/aromatic N) is 4. The summed E-state index contributed by atoms with van der Waals surface area (Å²) in [5, 5.41) is 14.2. The van der Waals surface area contributed by atoms with Crippen LogP contribution in [0, 0.1) is 11.7 Å². The van der Waals surface area contributed by atoms with Crippen LogP contribution in [0.5, 0.6) is 0 Å². The third-order valence-corrected chi connectivity index (χ3v) is 4.69. The van der Waals surface area contributed by atoms with Crippen molar-refractivity contribution in [3.05, 3.63) is 51.2 Å². The summed E-state index contributed by atoms with van der Waals surface area (Å²) in [6, 6.07) is 2.93. The van der Waals surface area contributed by atoms with E-state index in [1.165, 1.54) is 10.7 Å². The second-order valence-corrected chi connectivity index (χ2v) is 7.30. The molecule has 0 saturated carbocycles. The first-order valence-electron chi connectivity index (χ1n) is 9.02. The maximum atomic E-state index is 14.2. The molecule has 156 valence electrons. The highest BCUT2D eigenvalue weighted by atomic mass is 19.3. The molecule has 0 bridgehead atoms. The molecule has 2 aromatic heterocycles. The number of benzene rings is 1. The summed E-state index contributed by atoms with van der Waals surface area (Å²) >= 11 is 0. The van der Waals surface area contributed by atoms with E-state index in [9.17, 15) is 23.1 Å². The minimum absolute atomic E-state index is 0.133. The van der Waals surface area contributed by atoms with Gasteiger partial charge in [0.2, 0.25) is 5.95 Å². The number of aliphatic hydroxyl groups is 1. The number of aromatic amines is 1. The lowest BCUT2D eigenvalue weighted by atomic mass is 9.95. The van der Waals surface area contributed by atoms with Gasteiger partial charge in [-0.3, -0.25) is 9.78 Å². The number of H-pyrrole nitrogens is 1. The second kappa shape index (κ2) is 7.86. The van der Waals surface area contributed by atoms with Gasteiger partial charge in [0, 0.05) is 14.1 Å². The molecule has 10 heteroatoms. The van der Waals surface area contributed by atoms with Crippen LogP contribution in [0.1, 0.15) is 43.1 Å². The number of anilines is 1. The molecular weight excluding hydrogens is 387 g/mol. The van der Waals surface area contributed by atoms with Crippen LogP contribution in [0.4, 0.5) is 19.1 Å². The predicted octanol–water partition coefficient (Wildman–Crippen LogP) is 3.00. The van der Waals surface area contributed by atoms with Crippen molar-refractivity contribution in [2.24, 2.45) is 5.92 Å². The van der Waals surface area contributed by atoms with E-state index in [0.29, 0.717) is 5.56 Å². The molecule has 0 unspecified atom stereocenters. The fraction of sp³-hybridized carbons (Fsp3) is 0.421. The van der Waals surface area contributed by atoms with Crippen LogP contribution >= 0.6 is 0 Å². The molecule has 0 amide bonds. The lowest BCUT2D eigenvalue weighted by Crippen LogP contribution is -2.22. The number of aromatic nitrogens is 4. The number of nitrogens with one attached hydrogen (secondary N) is 1. The standard InChI is InChI=1S/C19H22F3N5O2/c1-9(2)15(10-5-6-11(16(21)22)12(20)7-10)27-17-14(13(8-28)25-27)18(29)24-19(23-17)26(3)4/h5-7,9,15-16,28H,8H2,1-4H3,(H,23,24,29)/t15-/m0/s1. The van der Waals surface area contributed by atoms with Gasteiger partial charge in [-0.2, -0.15) is 10.1 Å². The summed E-state index contributed by atoms with van der Waals surface area (Å²) in [4.78, 5) is 21.3. The van der Waals surface area contributed by atoms with Gasteiger partial charge in [0.1, 0.15) is 16.9 Å². The predicted molar refractivity (Wildman–Crippen MR) is 103 cm³/mol. The second-order valence-electron chi connectivity index (χ2n) is 7.30. The highest BCUT2D eigenvalue weighted by Gasteiger charge is 2.27. The van der Waals surface area contributed by atoms with E-state index in [0.717, 1.165) is 12.1 Å². The van der Waals surface area contributed by atoms with E-state index < -0.39 is 36.0 Å². The van der Waals surface area contributed by atoms with Crippen LogP contribution in [-0.2, 0) is 6.61 Å². The van der Waals surface area contributed by atoms with Gasteiger partial charge in [-0.1, -0.05) is 26.0 Å². The van der Waals surface area contributed by atoms with Gasteiger partial charge in [-0.05, 0) is 17.5 Å². The molecule has 0 saturated heterocycles. The number of rotatable bonds is 6. The zero-order chi connectivity index (χ0) is 21.5. The molecule has 3 rings (SSSR count). The Labute approximate surface area is 164 Å². The Hall–Kier alpha value is -2.88. The first-order valence-corrected chi connectivity index (χ1v) is 9.02. The Kier molecular flexibility index (Phi) is 5.65. The van der Waals surface area contributed by atoms with Gasteiger partial charge in [0.05, 0.1) is 18.2 Å². The van der Waals surface area contributed by atoms with Gasteiger partial charge < -0.3 is 10.0 Å². The topological polar surface area (TPSA) is 87.0 Å². The Morgan fingerprint density at radius 3 is 2.48 bits per heavy atom. The monoisotopic (exact) mass is 409 g/mol. The number of aliphatic hydroxyl groups excluding tert-OH is 1. The van der Waals surface area contributed by atoms with Gasteiger partial charge in [0.15, 0.2) is 5.65 Å². The Morgan fingerprint density at radius 1 is 1.28 bits per heavy atom. The van der Waals surface area contributed by atoms with Crippen molar-refractivity contribution in [1.29, 1.82) is 0 Å². The minimum atomic E-state index is -2.92. The molecule has 1 aromatic carbocycles. The third-order valence-electron chi connectivity index (χ3n) is 4.69.